The second-order valence-corrected chi connectivity index (χ2v) is 5.71. The van der Waals surface area contributed by atoms with Crippen LogP contribution in [0.25, 0.3) is 0 Å². The number of aliphatic carboxylic acids is 1. The maximum atomic E-state index is 12.0. The van der Waals surface area contributed by atoms with Gasteiger partial charge in [-0.3, -0.25) is 14.4 Å². The van der Waals surface area contributed by atoms with Crippen molar-refractivity contribution in [2.75, 3.05) is 13.1 Å². The van der Waals surface area contributed by atoms with E-state index in [0.29, 0.717) is 13.1 Å². The zero-order chi connectivity index (χ0) is 15.9. The molecule has 0 spiro atoms. The minimum absolute atomic E-state index is 0.0785. The Morgan fingerprint density at radius 1 is 1.15 bits per heavy atom. The highest BCUT2D eigenvalue weighted by Crippen LogP contribution is 2.24. The number of hydrogen-bond donors (Lipinski definition) is 2. The van der Waals surface area contributed by atoms with Gasteiger partial charge in [0, 0.05) is 19.5 Å². The maximum Gasteiger partial charge on any atom is 0.303 e. The lowest BCUT2D eigenvalue weighted by atomic mass is 9.85. The van der Waals surface area contributed by atoms with Gasteiger partial charge in [0.2, 0.25) is 11.8 Å². The van der Waals surface area contributed by atoms with E-state index >= 15 is 0 Å². The summed E-state index contributed by atoms with van der Waals surface area (Å²) in [6.45, 7) is 10.0. The fourth-order valence-corrected chi connectivity index (χ4v) is 2.07. The van der Waals surface area contributed by atoms with E-state index in [-0.39, 0.29) is 24.7 Å². The maximum absolute atomic E-state index is 12.0. The molecule has 0 aromatic heterocycles. The Labute approximate surface area is 120 Å². The lowest BCUT2D eigenvalue weighted by Crippen LogP contribution is -2.47. The van der Waals surface area contributed by atoms with Gasteiger partial charge in [0.1, 0.15) is 6.04 Å². The zero-order valence-corrected chi connectivity index (χ0v) is 13.0. The quantitative estimate of drug-likeness (QED) is 0.703. The predicted octanol–water partition coefficient (Wildman–Crippen LogP) is 1.25. The molecule has 0 bridgehead atoms. The molecule has 1 unspecified atom stereocenters. The van der Waals surface area contributed by atoms with Gasteiger partial charge >= 0.3 is 5.97 Å². The number of carboxylic acids is 1. The van der Waals surface area contributed by atoms with Gasteiger partial charge in [-0.15, -0.1) is 0 Å². The second kappa shape index (κ2) is 7.87. The monoisotopic (exact) mass is 286 g/mol. The molecule has 6 nitrogen and oxygen atoms in total. The van der Waals surface area contributed by atoms with E-state index in [4.69, 9.17) is 5.11 Å². The molecule has 0 aliphatic heterocycles. The predicted molar refractivity (Wildman–Crippen MR) is 76.2 cm³/mol. The molecular weight excluding hydrogens is 260 g/mol. The number of carbonyl (C=O) groups is 3. The average Bonchev–Trinajstić information content (AvgIpc) is 2.27. The highest BCUT2D eigenvalue weighted by atomic mass is 16.4. The summed E-state index contributed by atoms with van der Waals surface area (Å²) in [5.41, 5.74) is -0.631. The summed E-state index contributed by atoms with van der Waals surface area (Å²) in [5, 5.41) is 11.4. The van der Waals surface area contributed by atoms with Crippen LogP contribution in [0.2, 0.25) is 0 Å². The fraction of sp³-hybridized carbons (Fsp3) is 0.786. The number of hydrogen-bond acceptors (Lipinski definition) is 3. The van der Waals surface area contributed by atoms with Crippen LogP contribution in [0.5, 0.6) is 0 Å². The van der Waals surface area contributed by atoms with Gasteiger partial charge in [0.25, 0.3) is 0 Å². The standard InChI is InChI=1S/C14H26N2O4/c1-6-16(7-2)13(20)10(3)15-11(17)8-14(4,5)9-12(18)19/h10H,6-9H2,1-5H3,(H,15,17)(H,18,19). The number of carboxylic acid groups (broad SMARTS) is 1. The molecule has 0 aliphatic carbocycles. The van der Waals surface area contributed by atoms with Crippen molar-refractivity contribution in [2.24, 2.45) is 5.41 Å². The van der Waals surface area contributed by atoms with Gasteiger partial charge in [0.15, 0.2) is 0 Å². The third-order valence-corrected chi connectivity index (χ3v) is 3.09. The van der Waals surface area contributed by atoms with E-state index in [9.17, 15) is 14.4 Å². The summed E-state index contributed by atoms with van der Waals surface area (Å²) in [6.07, 6.45) is -0.00599. The Morgan fingerprint density at radius 2 is 1.65 bits per heavy atom. The first kappa shape index (κ1) is 18.4. The van der Waals surface area contributed by atoms with Gasteiger partial charge in [-0.05, 0) is 26.2 Å². The van der Waals surface area contributed by atoms with Gasteiger partial charge < -0.3 is 15.3 Å². The Kier molecular flexibility index (Phi) is 7.24. The van der Waals surface area contributed by atoms with Gasteiger partial charge in [-0.2, -0.15) is 0 Å². The zero-order valence-electron chi connectivity index (χ0n) is 13.0. The Balaban J connectivity index is 4.46. The number of nitrogens with one attached hydrogen (secondary N) is 1. The summed E-state index contributed by atoms with van der Waals surface area (Å²) in [6, 6.07) is -0.594. The number of likely N-dealkylation sites (N-methyl/N-ethyl adjacent to an activating group) is 1. The highest BCUT2D eigenvalue weighted by molar-refractivity contribution is 5.87. The summed E-state index contributed by atoms with van der Waals surface area (Å²) >= 11 is 0. The molecule has 0 heterocycles. The van der Waals surface area contributed by atoms with Crippen LogP contribution in [-0.2, 0) is 14.4 Å². The van der Waals surface area contributed by atoms with Crippen molar-refractivity contribution in [3.05, 3.63) is 0 Å². The Morgan fingerprint density at radius 3 is 2.05 bits per heavy atom. The van der Waals surface area contributed by atoms with E-state index < -0.39 is 17.4 Å². The Hall–Kier alpha value is -1.59. The molecular formula is C14H26N2O4. The van der Waals surface area contributed by atoms with Crippen molar-refractivity contribution in [1.29, 1.82) is 0 Å². The van der Waals surface area contributed by atoms with E-state index in [0.717, 1.165) is 0 Å². The molecule has 116 valence electrons. The first-order chi connectivity index (χ1) is 9.12. The second-order valence-electron chi connectivity index (χ2n) is 5.71. The van der Waals surface area contributed by atoms with Gasteiger partial charge in [0.05, 0.1) is 6.42 Å². The molecule has 0 saturated carbocycles. The van der Waals surface area contributed by atoms with E-state index in [1.54, 1.807) is 25.7 Å². The van der Waals surface area contributed by atoms with E-state index in [1.807, 2.05) is 13.8 Å². The minimum Gasteiger partial charge on any atom is -0.481 e. The molecule has 20 heavy (non-hydrogen) atoms. The van der Waals surface area contributed by atoms with Crippen LogP contribution in [-0.4, -0.2) is 46.9 Å². The highest BCUT2D eigenvalue weighted by Gasteiger charge is 2.27. The van der Waals surface area contributed by atoms with Crippen molar-refractivity contribution in [3.63, 3.8) is 0 Å². The van der Waals surface area contributed by atoms with Crippen molar-refractivity contribution in [1.82, 2.24) is 10.2 Å². The van der Waals surface area contributed by atoms with Crippen LogP contribution in [0.15, 0.2) is 0 Å². The number of carbonyl (C=O) groups excluding carboxylic acids is 2. The summed E-state index contributed by atoms with van der Waals surface area (Å²) in [7, 11) is 0. The smallest absolute Gasteiger partial charge is 0.303 e. The lowest BCUT2D eigenvalue weighted by Gasteiger charge is -2.26. The van der Waals surface area contributed by atoms with E-state index in [1.165, 1.54) is 0 Å². The van der Waals surface area contributed by atoms with Crippen LogP contribution in [0, 0.1) is 5.41 Å². The number of rotatable bonds is 8. The first-order valence-corrected chi connectivity index (χ1v) is 6.93. The van der Waals surface area contributed by atoms with Crippen molar-refractivity contribution >= 4 is 17.8 Å². The largest absolute Gasteiger partial charge is 0.481 e. The summed E-state index contributed by atoms with van der Waals surface area (Å²) in [5.74, 6) is -1.36. The third-order valence-electron chi connectivity index (χ3n) is 3.09. The number of nitrogens with zero attached hydrogens (tertiary/aromatic N) is 1. The van der Waals surface area contributed by atoms with Crippen LogP contribution < -0.4 is 5.32 Å². The van der Waals surface area contributed by atoms with E-state index in [2.05, 4.69) is 5.32 Å². The van der Waals surface area contributed by atoms with Crippen molar-refractivity contribution in [2.45, 2.75) is 53.5 Å². The summed E-state index contributed by atoms with van der Waals surface area (Å²) < 4.78 is 0. The third kappa shape index (κ3) is 6.54. The van der Waals surface area contributed by atoms with Crippen LogP contribution in [0.3, 0.4) is 0 Å². The van der Waals surface area contributed by atoms with Crippen molar-refractivity contribution in [3.8, 4) is 0 Å². The molecule has 2 amide bonds. The molecule has 0 fully saturated rings. The van der Waals surface area contributed by atoms with Gasteiger partial charge in [-0.25, -0.2) is 0 Å². The van der Waals surface area contributed by atoms with Crippen LogP contribution in [0.4, 0.5) is 0 Å². The van der Waals surface area contributed by atoms with Gasteiger partial charge in [-0.1, -0.05) is 13.8 Å². The summed E-state index contributed by atoms with van der Waals surface area (Å²) in [4.78, 5) is 36.2. The lowest BCUT2D eigenvalue weighted by molar-refractivity contribution is -0.140. The Bertz CT molecular complexity index is 362. The average molecular weight is 286 g/mol. The SMILES string of the molecule is CCN(CC)C(=O)C(C)NC(=O)CC(C)(C)CC(=O)O. The molecule has 0 saturated heterocycles. The minimum atomic E-state index is -0.935. The topological polar surface area (TPSA) is 86.7 Å². The normalized spacial score (nSPS) is 12.7. The van der Waals surface area contributed by atoms with Crippen LogP contribution in [0.1, 0.15) is 47.5 Å². The molecule has 6 heteroatoms. The van der Waals surface area contributed by atoms with Crippen LogP contribution >= 0.6 is 0 Å². The fourth-order valence-electron chi connectivity index (χ4n) is 2.07. The molecule has 0 aliphatic rings. The molecule has 1 atom stereocenters. The molecule has 0 radical (unpaired) electrons. The van der Waals surface area contributed by atoms with Crippen molar-refractivity contribution < 1.29 is 19.5 Å². The molecule has 0 rings (SSSR count). The molecule has 0 aromatic rings. The first-order valence-electron chi connectivity index (χ1n) is 6.93. The number of amides is 2. The molecule has 0 aromatic carbocycles. The molecule has 2 N–H and O–H groups in total.